The molecule has 2 nitrogen and oxygen atoms in total. The normalized spacial score (nSPS) is 14.9. The molecule has 0 atom stereocenters. The summed E-state index contributed by atoms with van der Waals surface area (Å²) >= 11 is 0. The zero-order valence-corrected chi connectivity index (χ0v) is 12.5. The molecule has 0 radical (unpaired) electrons. The Morgan fingerprint density at radius 2 is 1.85 bits per heavy atom. The van der Waals surface area contributed by atoms with E-state index >= 15 is 0 Å². The van der Waals surface area contributed by atoms with Crippen molar-refractivity contribution in [3.63, 3.8) is 0 Å². The summed E-state index contributed by atoms with van der Waals surface area (Å²) in [7, 11) is 0. The number of benzene rings is 1. The lowest BCUT2D eigenvalue weighted by Crippen LogP contribution is -2.29. The van der Waals surface area contributed by atoms with Gasteiger partial charge in [-0.2, -0.15) is 0 Å². The van der Waals surface area contributed by atoms with Crippen LogP contribution >= 0.6 is 0 Å². The van der Waals surface area contributed by atoms with Gasteiger partial charge < -0.3 is 10.2 Å². The molecule has 1 aliphatic rings. The van der Waals surface area contributed by atoms with E-state index in [1.54, 1.807) is 4.90 Å². The molecule has 1 saturated carbocycles. The van der Waals surface area contributed by atoms with Crippen molar-refractivity contribution in [2.24, 2.45) is 5.92 Å². The zero-order chi connectivity index (χ0) is 14.7. The van der Waals surface area contributed by atoms with Crippen molar-refractivity contribution < 1.29 is 8.78 Å². The summed E-state index contributed by atoms with van der Waals surface area (Å²) in [6, 6.07) is 3.45. The lowest BCUT2D eigenvalue weighted by molar-refractivity contribution is 0.546. The Bertz CT molecular complexity index is 433. The molecule has 1 N–H and O–H groups in total. The third kappa shape index (κ3) is 3.92. The van der Waals surface area contributed by atoms with Crippen LogP contribution in [0.4, 0.5) is 14.5 Å². The molecule has 0 saturated heterocycles. The highest BCUT2D eigenvalue weighted by atomic mass is 19.1. The van der Waals surface area contributed by atoms with Crippen molar-refractivity contribution in [3.8, 4) is 0 Å². The van der Waals surface area contributed by atoms with Gasteiger partial charge in [-0.25, -0.2) is 8.78 Å². The van der Waals surface area contributed by atoms with E-state index in [0.717, 1.165) is 0 Å². The molecule has 0 aromatic heterocycles. The molecule has 0 bridgehead atoms. The molecule has 4 heteroatoms. The van der Waals surface area contributed by atoms with Crippen molar-refractivity contribution in [3.05, 3.63) is 29.3 Å². The van der Waals surface area contributed by atoms with E-state index in [4.69, 9.17) is 0 Å². The standard InChI is InChI=1S/C16H24F2N2/c1-4-20(10-11(2)3)16-14(17)7-12(8-15(16)18)9-19-13-5-6-13/h7-8,11,13,19H,4-6,9-10H2,1-3H3. The lowest BCUT2D eigenvalue weighted by Gasteiger charge is -2.26. The second kappa shape index (κ2) is 6.53. The van der Waals surface area contributed by atoms with Gasteiger partial charge >= 0.3 is 0 Å². The van der Waals surface area contributed by atoms with E-state index in [2.05, 4.69) is 5.32 Å². The van der Waals surface area contributed by atoms with Gasteiger partial charge in [-0.1, -0.05) is 13.8 Å². The van der Waals surface area contributed by atoms with Crippen molar-refractivity contribution in [2.75, 3.05) is 18.0 Å². The largest absolute Gasteiger partial charge is 0.367 e. The first-order valence-electron chi connectivity index (χ1n) is 7.47. The second-order valence-corrected chi connectivity index (χ2v) is 6.00. The highest BCUT2D eigenvalue weighted by Crippen LogP contribution is 2.26. The van der Waals surface area contributed by atoms with E-state index in [-0.39, 0.29) is 5.69 Å². The van der Waals surface area contributed by atoms with Crippen molar-refractivity contribution in [2.45, 2.75) is 46.2 Å². The number of hydrogen-bond acceptors (Lipinski definition) is 2. The maximum Gasteiger partial charge on any atom is 0.149 e. The highest BCUT2D eigenvalue weighted by Gasteiger charge is 2.21. The Balaban J connectivity index is 2.15. The van der Waals surface area contributed by atoms with Crippen LogP contribution in [0.1, 0.15) is 39.2 Å². The van der Waals surface area contributed by atoms with E-state index in [0.29, 0.717) is 37.2 Å². The quantitative estimate of drug-likeness (QED) is 0.820. The highest BCUT2D eigenvalue weighted by molar-refractivity contribution is 5.50. The molecule has 0 amide bonds. The van der Waals surface area contributed by atoms with Gasteiger partial charge in [-0.05, 0) is 43.4 Å². The van der Waals surface area contributed by atoms with Crippen LogP contribution in [0, 0.1) is 17.6 Å². The molecular weight excluding hydrogens is 258 g/mol. The number of nitrogens with one attached hydrogen (secondary N) is 1. The minimum Gasteiger partial charge on any atom is -0.367 e. The lowest BCUT2D eigenvalue weighted by atomic mass is 10.1. The number of anilines is 1. The molecule has 1 aliphatic carbocycles. The van der Waals surface area contributed by atoms with Gasteiger partial charge in [0.25, 0.3) is 0 Å². The maximum atomic E-state index is 14.2. The van der Waals surface area contributed by atoms with E-state index in [9.17, 15) is 8.78 Å². The molecule has 2 rings (SSSR count). The molecule has 20 heavy (non-hydrogen) atoms. The van der Waals surface area contributed by atoms with Crippen LogP contribution in [0.5, 0.6) is 0 Å². The molecule has 112 valence electrons. The summed E-state index contributed by atoms with van der Waals surface area (Å²) in [6.45, 7) is 7.81. The third-order valence-corrected chi connectivity index (χ3v) is 3.53. The Morgan fingerprint density at radius 1 is 1.25 bits per heavy atom. The zero-order valence-electron chi connectivity index (χ0n) is 12.5. The Kier molecular flexibility index (Phi) is 4.97. The first-order valence-corrected chi connectivity index (χ1v) is 7.47. The number of halogens is 2. The molecule has 1 aromatic rings. The van der Waals surface area contributed by atoms with Crippen molar-refractivity contribution in [1.29, 1.82) is 0 Å². The first kappa shape index (κ1) is 15.2. The summed E-state index contributed by atoms with van der Waals surface area (Å²) in [4.78, 5) is 1.77. The maximum absolute atomic E-state index is 14.2. The van der Waals surface area contributed by atoms with Crippen LogP contribution in [-0.2, 0) is 6.54 Å². The number of rotatable bonds is 7. The van der Waals surface area contributed by atoms with Gasteiger partial charge in [0.1, 0.15) is 17.3 Å². The predicted octanol–water partition coefficient (Wildman–Crippen LogP) is 3.70. The van der Waals surface area contributed by atoms with E-state index in [1.807, 2.05) is 20.8 Å². The van der Waals surface area contributed by atoms with Crippen molar-refractivity contribution in [1.82, 2.24) is 5.32 Å². The molecule has 1 fully saturated rings. The van der Waals surface area contributed by atoms with Gasteiger partial charge in [-0.15, -0.1) is 0 Å². The molecule has 0 unspecified atom stereocenters. The fraction of sp³-hybridized carbons (Fsp3) is 0.625. The number of nitrogens with zero attached hydrogens (tertiary/aromatic N) is 1. The first-order chi connectivity index (χ1) is 9.51. The van der Waals surface area contributed by atoms with Gasteiger partial charge in [-0.3, -0.25) is 0 Å². The molecule has 0 spiro atoms. The average molecular weight is 282 g/mol. The summed E-state index contributed by atoms with van der Waals surface area (Å²) < 4.78 is 28.5. The fourth-order valence-corrected chi connectivity index (χ4v) is 2.39. The predicted molar refractivity (Wildman–Crippen MR) is 78.9 cm³/mol. The van der Waals surface area contributed by atoms with Crippen LogP contribution in [0.3, 0.4) is 0 Å². The minimum absolute atomic E-state index is 0.108. The Morgan fingerprint density at radius 3 is 2.30 bits per heavy atom. The molecule has 0 heterocycles. The summed E-state index contributed by atoms with van der Waals surface area (Å²) in [5, 5.41) is 3.28. The average Bonchev–Trinajstić information content (AvgIpc) is 3.17. The van der Waals surface area contributed by atoms with Crippen molar-refractivity contribution >= 4 is 5.69 Å². The number of hydrogen-bond donors (Lipinski definition) is 1. The molecular formula is C16H24F2N2. The minimum atomic E-state index is -0.458. The van der Waals surface area contributed by atoms with E-state index in [1.165, 1.54) is 25.0 Å². The summed E-state index contributed by atoms with van der Waals surface area (Å²) in [6.07, 6.45) is 2.34. The Labute approximate surface area is 120 Å². The topological polar surface area (TPSA) is 15.3 Å². The summed E-state index contributed by atoms with van der Waals surface area (Å²) in [5.41, 5.74) is 0.785. The third-order valence-electron chi connectivity index (χ3n) is 3.53. The summed E-state index contributed by atoms with van der Waals surface area (Å²) in [5.74, 6) is -0.551. The van der Waals surface area contributed by atoms with E-state index < -0.39 is 11.6 Å². The Hall–Kier alpha value is -1.16. The van der Waals surface area contributed by atoms with Crippen LogP contribution in [0.25, 0.3) is 0 Å². The SMILES string of the molecule is CCN(CC(C)C)c1c(F)cc(CNC2CC2)cc1F. The van der Waals surface area contributed by atoms with Gasteiger partial charge in [0.15, 0.2) is 0 Å². The van der Waals surface area contributed by atoms with Gasteiger partial charge in [0.05, 0.1) is 0 Å². The second-order valence-electron chi connectivity index (χ2n) is 6.00. The van der Waals surface area contributed by atoms with Crippen LogP contribution in [-0.4, -0.2) is 19.1 Å². The molecule has 1 aromatic carbocycles. The molecule has 0 aliphatic heterocycles. The fourth-order valence-electron chi connectivity index (χ4n) is 2.39. The van der Waals surface area contributed by atoms with Crippen LogP contribution in [0.15, 0.2) is 12.1 Å². The van der Waals surface area contributed by atoms with Gasteiger partial charge in [0, 0.05) is 25.7 Å². The monoisotopic (exact) mass is 282 g/mol. The van der Waals surface area contributed by atoms with Crippen LogP contribution in [0.2, 0.25) is 0 Å². The van der Waals surface area contributed by atoms with Crippen LogP contribution < -0.4 is 10.2 Å². The smallest absolute Gasteiger partial charge is 0.149 e. The van der Waals surface area contributed by atoms with Gasteiger partial charge in [0.2, 0.25) is 0 Å².